The first-order valence-electron chi connectivity index (χ1n) is 6.42. The third kappa shape index (κ3) is 4.52. The molecule has 1 aromatic rings. The monoisotopic (exact) mass is 269 g/mol. The Hall–Kier alpha value is -0.710. The van der Waals surface area contributed by atoms with Crippen LogP contribution in [0.4, 0.5) is 0 Å². The van der Waals surface area contributed by atoms with Gasteiger partial charge in [-0.15, -0.1) is 11.8 Å². The van der Waals surface area contributed by atoms with Crippen molar-refractivity contribution in [3.8, 4) is 5.75 Å². The van der Waals surface area contributed by atoms with Gasteiger partial charge in [0, 0.05) is 23.6 Å². The standard InChI is InChI=1S/C14H23NO2S/c1-4-16-10-11(3)17-13-7-6-8-14(18-5-2)12(13)9-15/h6-8,11H,4-5,9-10,15H2,1-3H3. The number of benzene rings is 1. The van der Waals surface area contributed by atoms with Crippen LogP contribution in [0.3, 0.4) is 0 Å². The van der Waals surface area contributed by atoms with E-state index in [1.54, 1.807) is 11.8 Å². The first-order chi connectivity index (χ1) is 8.72. The molecule has 0 saturated carbocycles. The molecule has 0 spiro atoms. The summed E-state index contributed by atoms with van der Waals surface area (Å²) in [5.41, 5.74) is 6.92. The van der Waals surface area contributed by atoms with Gasteiger partial charge in [-0.25, -0.2) is 0 Å². The summed E-state index contributed by atoms with van der Waals surface area (Å²) in [6.45, 7) is 7.94. The molecule has 1 rings (SSSR count). The molecule has 1 aromatic carbocycles. The second kappa shape index (κ2) is 8.40. The Kier molecular flexibility index (Phi) is 7.16. The molecule has 0 aliphatic heterocycles. The van der Waals surface area contributed by atoms with Gasteiger partial charge in [-0.05, 0) is 31.7 Å². The summed E-state index contributed by atoms with van der Waals surface area (Å²) in [7, 11) is 0. The lowest BCUT2D eigenvalue weighted by molar-refractivity contribution is 0.0651. The zero-order valence-electron chi connectivity index (χ0n) is 11.4. The van der Waals surface area contributed by atoms with E-state index < -0.39 is 0 Å². The molecule has 2 N–H and O–H groups in total. The lowest BCUT2D eigenvalue weighted by atomic mass is 10.2. The van der Waals surface area contributed by atoms with Crippen LogP contribution in [0.25, 0.3) is 0 Å². The second-order valence-electron chi connectivity index (χ2n) is 3.96. The van der Waals surface area contributed by atoms with Crippen LogP contribution in [-0.2, 0) is 11.3 Å². The van der Waals surface area contributed by atoms with Crippen molar-refractivity contribution in [2.75, 3.05) is 19.0 Å². The van der Waals surface area contributed by atoms with E-state index in [4.69, 9.17) is 15.2 Å². The minimum absolute atomic E-state index is 0.0390. The van der Waals surface area contributed by atoms with Crippen LogP contribution in [0.5, 0.6) is 5.75 Å². The van der Waals surface area contributed by atoms with Crippen molar-refractivity contribution < 1.29 is 9.47 Å². The van der Waals surface area contributed by atoms with E-state index in [1.165, 1.54) is 4.90 Å². The van der Waals surface area contributed by atoms with E-state index in [0.717, 1.165) is 17.1 Å². The first kappa shape index (κ1) is 15.3. The smallest absolute Gasteiger partial charge is 0.125 e. The summed E-state index contributed by atoms with van der Waals surface area (Å²) in [5.74, 6) is 1.91. The molecule has 0 saturated heterocycles. The van der Waals surface area contributed by atoms with Crippen LogP contribution < -0.4 is 10.5 Å². The third-order valence-corrected chi connectivity index (χ3v) is 3.46. The van der Waals surface area contributed by atoms with E-state index >= 15 is 0 Å². The van der Waals surface area contributed by atoms with E-state index in [-0.39, 0.29) is 6.10 Å². The maximum Gasteiger partial charge on any atom is 0.125 e. The Balaban J connectivity index is 2.77. The minimum Gasteiger partial charge on any atom is -0.488 e. The number of nitrogens with two attached hydrogens (primary N) is 1. The normalized spacial score (nSPS) is 12.4. The highest BCUT2D eigenvalue weighted by molar-refractivity contribution is 7.99. The van der Waals surface area contributed by atoms with Gasteiger partial charge in [-0.2, -0.15) is 0 Å². The van der Waals surface area contributed by atoms with Gasteiger partial charge in [-0.1, -0.05) is 13.0 Å². The van der Waals surface area contributed by atoms with Gasteiger partial charge in [-0.3, -0.25) is 0 Å². The molecule has 0 bridgehead atoms. The molecule has 0 aliphatic rings. The first-order valence-corrected chi connectivity index (χ1v) is 7.40. The molecular formula is C14H23NO2S. The quantitative estimate of drug-likeness (QED) is 0.737. The average Bonchev–Trinajstić information content (AvgIpc) is 2.37. The zero-order valence-corrected chi connectivity index (χ0v) is 12.3. The van der Waals surface area contributed by atoms with Crippen molar-refractivity contribution in [1.82, 2.24) is 0 Å². The van der Waals surface area contributed by atoms with Crippen LogP contribution >= 0.6 is 11.8 Å². The zero-order chi connectivity index (χ0) is 13.4. The van der Waals surface area contributed by atoms with Gasteiger partial charge in [0.1, 0.15) is 11.9 Å². The van der Waals surface area contributed by atoms with Crippen LogP contribution in [0.1, 0.15) is 26.3 Å². The van der Waals surface area contributed by atoms with E-state index in [9.17, 15) is 0 Å². The van der Waals surface area contributed by atoms with Crippen molar-refractivity contribution in [2.24, 2.45) is 5.73 Å². The van der Waals surface area contributed by atoms with Crippen LogP contribution in [0, 0.1) is 0 Å². The van der Waals surface area contributed by atoms with Gasteiger partial charge < -0.3 is 15.2 Å². The number of ether oxygens (including phenoxy) is 2. The summed E-state index contributed by atoms with van der Waals surface area (Å²) >= 11 is 1.79. The van der Waals surface area contributed by atoms with Gasteiger partial charge in [0.15, 0.2) is 0 Å². The third-order valence-electron chi connectivity index (χ3n) is 2.48. The minimum atomic E-state index is 0.0390. The fraction of sp³-hybridized carbons (Fsp3) is 0.571. The largest absolute Gasteiger partial charge is 0.488 e. The molecule has 0 amide bonds. The Labute approximate surface area is 114 Å². The topological polar surface area (TPSA) is 44.5 Å². The maximum absolute atomic E-state index is 5.91. The highest BCUT2D eigenvalue weighted by atomic mass is 32.2. The molecule has 0 fully saturated rings. The number of hydrogen-bond acceptors (Lipinski definition) is 4. The molecule has 1 atom stereocenters. The van der Waals surface area contributed by atoms with Gasteiger partial charge >= 0.3 is 0 Å². The fourth-order valence-electron chi connectivity index (χ4n) is 1.68. The summed E-state index contributed by atoms with van der Waals surface area (Å²) in [4.78, 5) is 1.21. The van der Waals surface area contributed by atoms with Crippen molar-refractivity contribution in [2.45, 2.75) is 38.3 Å². The molecule has 4 heteroatoms. The molecule has 18 heavy (non-hydrogen) atoms. The highest BCUT2D eigenvalue weighted by Crippen LogP contribution is 2.30. The summed E-state index contributed by atoms with van der Waals surface area (Å²) in [6.07, 6.45) is 0.0390. The molecule has 0 aliphatic carbocycles. The van der Waals surface area contributed by atoms with Gasteiger partial charge in [0.05, 0.1) is 6.61 Å². The molecule has 102 valence electrons. The predicted octanol–water partition coefficient (Wildman–Crippen LogP) is 3.06. The maximum atomic E-state index is 5.91. The Morgan fingerprint density at radius 3 is 2.72 bits per heavy atom. The number of hydrogen-bond donors (Lipinski definition) is 1. The van der Waals surface area contributed by atoms with E-state index in [2.05, 4.69) is 13.0 Å². The molecule has 0 aromatic heterocycles. The summed E-state index contributed by atoms with van der Waals surface area (Å²) in [6, 6.07) is 6.08. The second-order valence-corrected chi connectivity index (χ2v) is 5.26. The van der Waals surface area contributed by atoms with Crippen LogP contribution in [-0.4, -0.2) is 25.1 Å². The SMILES string of the molecule is CCOCC(C)Oc1cccc(SCC)c1CN. The van der Waals surface area contributed by atoms with E-state index in [0.29, 0.717) is 19.8 Å². The van der Waals surface area contributed by atoms with Crippen LogP contribution in [0.2, 0.25) is 0 Å². The van der Waals surface area contributed by atoms with Crippen LogP contribution in [0.15, 0.2) is 23.1 Å². The molecule has 1 unspecified atom stereocenters. The molecule has 0 radical (unpaired) electrons. The number of rotatable bonds is 8. The predicted molar refractivity (Wildman–Crippen MR) is 77.3 cm³/mol. The lowest BCUT2D eigenvalue weighted by Gasteiger charge is -2.18. The van der Waals surface area contributed by atoms with Crippen molar-refractivity contribution >= 4 is 11.8 Å². The van der Waals surface area contributed by atoms with Crippen molar-refractivity contribution in [3.63, 3.8) is 0 Å². The molecule has 3 nitrogen and oxygen atoms in total. The fourth-order valence-corrected chi connectivity index (χ4v) is 2.53. The number of thioether (sulfide) groups is 1. The van der Waals surface area contributed by atoms with Crippen molar-refractivity contribution in [1.29, 1.82) is 0 Å². The Morgan fingerprint density at radius 1 is 1.33 bits per heavy atom. The Bertz CT molecular complexity index is 358. The van der Waals surface area contributed by atoms with Gasteiger partial charge in [0.2, 0.25) is 0 Å². The Morgan fingerprint density at radius 2 is 2.11 bits per heavy atom. The van der Waals surface area contributed by atoms with Gasteiger partial charge in [0.25, 0.3) is 0 Å². The summed E-state index contributed by atoms with van der Waals surface area (Å²) in [5, 5.41) is 0. The van der Waals surface area contributed by atoms with E-state index in [1.807, 2.05) is 26.0 Å². The lowest BCUT2D eigenvalue weighted by Crippen LogP contribution is -2.20. The average molecular weight is 269 g/mol. The highest BCUT2D eigenvalue weighted by Gasteiger charge is 2.11. The molecule has 0 heterocycles. The van der Waals surface area contributed by atoms with Crippen molar-refractivity contribution in [3.05, 3.63) is 23.8 Å². The molecular weight excluding hydrogens is 246 g/mol. The summed E-state index contributed by atoms with van der Waals surface area (Å²) < 4.78 is 11.3.